The third kappa shape index (κ3) is 2.39. The van der Waals surface area contributed by atoms with Gasteiger partial charge >= 0.3 is 0 Å². The number of allylic oxidation sites excluding steroid dienone is 1. The molecular weight excluding hydrogens is 200 g/mol. The molecule has 0 radical (unpaired) electrons. The number of anilines is 1. The van der Waals surface area contributed by atoms with Gasteiger partial charge in [0.15, 0.2) is 5.65 Å². The van der Waals surface area contributed by atoms with Gasteiger partial charge in [0.2, 0.25) is 5.95 Å². The zero-order chi connectivity index (χ0) is 11.5. The van der Waals surface area contributed by atoms with Crippen LogP contribution in [0.25, 0.3) is 5.65 Å². The van der Waals surface area contributed by atoms with E-state index in [9.17, 15) is 0 Å². The van der Waals surface area contributed by atoms with E-state index in [2.05, 4.69) is 35.3 Å². The standard InChI is InChI=1S/C12H16N4/c1-9(2)4-6-13-12-14-11-8-10(3)5-7-16(11)15-12/h4-5,7-8H,6H2,1-3H3,(H,13,15). The van der Waals surface area contributed by atoms with Gasteiger partial charge in [-0.2, -0.15) is 4.98 Å². The van der Waals surface area contributed by atoms with Crippen molar-refractivity contribution in [3.05, 3.63) is 35.5 Å². The second kappa shape index (κ2) is 4.35. The monoisotopic (exact) mass is 216 g/mol. The highest BCUT2D eigenvalue weighted by Crippen LogP contribution is 2.07. The van der Waals surface area contributed by atoms with Crippen molar-refractivity contribution in [3.8, 4) is 0 Å². The van der Waals surface area contributed by atoms with Gasteiger partial charge < -0.3 is 5.32 Å². The SMILES string of the molecule is CC(C)=CCNc1nc2cc(C)ccn2n1. The van der Waals surface area contributed by atoms with Crippen molar-refractivity contribution >= 4 is 11.6 Å². The molecule has 84 valence electrons. The normalized spacial score (nSPS) is 10.4. The molecule has 16 heavy (non-hydrogen) atoms. The fourth-order valence-corrected chi connectivity index (χ4v) is 1.40. The van der Waals surface area contributed by atoms with Gasteiger partial charge in [-0.15, -0.1) is 5.10 Å². The Kier molecular flexibility index (Phi) is 2.90. The molecule has 0 aliphatic heterocycles. The summed E-state index contributed by atoms with van der Waals surface area (Å²) < 4.78 is 1.78. The topological polar surface area (TPSA) is 42.2 Å². The predicted molar refractivity (Wildman–Crippen MR) is 65.6 cm³/mol. The molecule has 0 bridgehead atoms. The predicted octanol–water partition coefficient (Wildman–Crippen LogP) is 2.42. The summed E-state index contributed by atoms with van der Waals surface area (Å²) in [6.45, 7) is 6.95. The Bertz CT molecular complexity index is 521. The van der Waals surface area contributed by atoms with Crippen LogP contribution in [-0.2, 0) is 0 Å². The van der Waals surface area contributed by atoms with Crippen molar-refractivity contribution in [1.29, 1.82) is 0 Å². The van der Waals surface area contributed by atoms with Crippen LogP contribution in [0.4, 0.5) is 5.95 Å². The van der Waals surface area contributed by atoms with E-state index in [1.165, 1.54) is 11.1 Å². The van der Waals surface area contributed by atoms with E-state index in [4.69, 9.17) is 0 Å². The Labute approximate surface area is 95.0 Å². The minimum absolute atomic E-state index is 0.670. The molecule has 0 aromatic carbocycles. The number of nitrogens with one attached hydrogen (secondary N) is 1. The Balaban J connectivity index is 2.17. The number of rotatable bonds is 3. The maximum atomic E-state index is 4.38. The lowest BCUT2D eigenvalue weighted by atomic mass is 10.3. The summed E-state index contributed by atoms with van der Waals surface area (Å²) in [5.41, 5.74) is 3.35. The van der Waals surface area contributed by atoms with Gasteiger partial charge in [-0.25, -0.2) is 4.52 Å². The number of fused-ring (bicyclic) bond motifs is 1. The van der Waals surface area contributed by atoms with Crippen LogP contribution in [0.5, 0.6) is 0 Å². The highest BCUT2D eigenvalue weighted by atomic mass is 15.3. The maximum Gasteiger partial charge on any atom is 0.243 e. The smallest absolute Gasteiger partial charge is 0.243 e. The number of hydrogen-bond acceptors (Lipinski definition) is 3. The molecule has 0 aliphatic rings. The van der Waals surface area contributed by atoms with Gasteiger partial charge in [0.25, 0.3) is 0 Å². The van der Waals surface area contributed by atoms with Crippen molar-refractivity contribution in [2.24, 2.45) is 0 Å². The Morgan fingerprint density at radius 2 is 2.31 bits per heavy atom. The molecule has 4 nitrogen and oxygen atoms in total. The van der Waals surface area contributed by atoms with Crippen LogP contribution in [-0.4, -0.2) is 21.1 Å². The molecular formula is C12H16N4. The first-order valence-electron chi connectivity index (χ1n) is 5.35. The Hall–Kier alpha value is -1.84. The molecule has 1 N–H and O–H groups in total. The molecule has 0 aliphatic carbocycles. The number of aromatic nitrogens is 3. The minimum atomic E-state index is 0.670. The second-order valence-electron chi connectivity index (χ2n) is 4.10. The molecule has 0 amide bonds. The molecule has 2 aromatic heterocycles. The lowest BCUT2D eigenvalue weighted by Gasteiger charge is -1.95. The number of aryl methyl sites for hydroxylation is 1. The van der Waals surface area contributed by atoms with Crippen LogP contribution >= 0.6 is 0 Å². The van der Waals surface area contributed by atoms with Gasteiger partial charge in [0, 0.05) is 12.7 Å². The molecule has 4 heteroatoms. The summed E-state index contributed by atoms with van der Waals surface area (Å²) in [7, 11) is 0. The summed E-state index contributed by atoms with van der Waals surface area (Å²) in [5, 5.41) is 7.48. The largest absolute Gasteiger partial charge is 0.349 e. The zero-order valence-corrected chi connectivity index (χ0v) is 9.86. The molecule has 2 rings (SSSR count). The van der Waals surface area contributed by atoms with Crippen LogP contribution < -0.4 is 5.32 Å². The Morgan fingerprint density at radius 1 is 1.50 bits per heavy atom. The second-order valence-corrected chi connectivity index (χ2v) is 4.10. The number of pyridine rings is 1. The lowest BCUT2D eigenvalue weighted by Crippen LogP contribution is -2.00. The highest BCUT2D eigenvalue weighted by molar-refractivity contribution is 5.45. The van der Waals surface area contributed by atoms with Crippen LogP contribution in [0.3, 0.4) is 0 Å². The first-order chi connectivity index (χ1) is 7.65. The summed E-state index contributed by atoms with van der Waals surface area (Å²) >= 11 is 0. The lowest BCUT2D eigenvalue weighted by molar-refractivity contribution is 0.955. The van der Waals surface area contributed by atoms with E-state index in [-0.39, 0.29) is 0 Å². The van der Waals surface area contributed by atoms with Crippen molar-refractivity contribution in [2.75, 3.05) is 11.9 Å². The quantitative estimate of drug-likeness (QED) is 0.801. The van der Waals surface area contributed by atoms with E-state index in [0.29, 0.717) is 5.95 Å². The first-order valence-corrected chi connectivity index (χ1v) is 5.35. The van der Waals surface area contributed by atoms with Crippen molar-refractivity contribution in [3.63, 3.8) is 0 Å². The van der Waals surface area contributed by atoms with Gasteiger partial charge in [-0.1, -0.05) is 11.6 Å². The van der Waals surface area contributed by atoms with Gasteiger partial charge in [0.1, 0.15) is 0 Å². The third-order valence-electron chi connectivity index (χ3n) is 2.26. The van der Waals surface area contributed by atoms with E-state index < -0.39 is 0 Å². The van der Waals surface area contributed by atoms with Gasteiger partial charge in [-0.05, 0) is 38.5 Å². The minimum Gasteiger partial charge on any atom is -0.349 e. The van der Waals surface area contributed by atoms with Crippen LogP contribution in [0.1, 0.15) is 19.4 Å². The first kappa shape index (κ1) is 10.7. The zero-order valence-electron chi connectivity index (χ0n) is 9.86. The van der Waals surface area contributed by atoms with E-state index in [1.807, 2.05) is 25.3 Å². The van der Waals surface area contributed by atoms with E-state index in [1.54, 1.807) is 4.52 Å². The number of nitrogens with zero attached hydrogens (tertiary/aromatic N) is 3. The molecule has 0 unspecified atom stereocenters. The third-order valence-corrected chi connectivity index (χ3v) is 2.26. The van der Waals surface area contributed by atoms with Crippen molar-refractivity contribution < 1.29 is 0 Å². The summed E-state index contributed by atoms with van der Waals surface area (Å²) in [4.78, 5) is 4.38. The molecule has 0 saturated carbocycles. The van der Waals surface area contributed by atoms with E-state index in [0.717, 1.165) is 12.2 Å². The highest BCUT2D eigenvalue weighted by Gasteiger charge is 2.01. The average Bonchev–Trinajstić information content (AvgIpc) is 2.58. The summed E-state index contributed by atoms with van der Waals surface area (Å²) in [6.07, 6.45) is 4.03. The molecule has 2 aromatic rings. The van der Waals surface area contributed by atoms with Crippen LogP contribution in [0.15, 0.2) is 30.0 Å². The van der Waals surface area contributed by atoms with Crippen molar-refractivity contribution in [2.45, 2.75) is 20.8 Å². The van der Waals surface area contributed by atoms with Crippen LogP contribution in [0.2, 0.25) is 0 Å². The molecule has 0 fully saturated rings. The van der Waals surface area contributed by atoms with Gasteiger partial charge in [-0.3, -0.25) is 0 Å². The molecule has 0 saturated heterocycles. The summed E-state index contributed by atoms with van der Waals surface area (Å²) in [5.74, 6) is 0.670. The number of hydrogen-bond donors (Lipinski definition) is 1. The Morgan fingerprint density at radius 3 is 3.06 bits per heavy atom. The molecule has 0 atom stereocenters. The average molecular weight is 216 g/mol. The fraction of sp³-hybridized carbons (Fsp3) is 0.333. The van der Waals surface area contributed by atoms with Crippen LogP contribution in [0, 0.1) is 6.92 Å². The fourth-order valence-electron chi connectivity index (χ4n) is 1.40. The maximum absolute atomic E-state index is 4.38. The molecule has 2 heterocycles. The molecule has 0 spiro atoms. The van der Waals surface area contributed by atoms with Crippen molar-refractivity contribution in [1.82, 2.24) is 14.6 Å². The van der Waals surface area contributed by atoms with Gasteiger partial charge in [0.05, 0.1) is 0 Å². The summed E-state index contributed by atoms with van der Waals surface area (Å²) in [6, 6.07) is 4.03. The van der Waals surface area contributed by atoms with E-state index >= 15 is 0 Å².